The van der Waals surface area contributed by atoms with Gasteiger partial charge in [-0.2, -0.15) is 0 Å². The largest absolute Gasteiger partial charge is 0.344 e. The predicted octanol–water partition coefficient (Wildman–Crippen LogP) is 14.6. The third-order valence-electron chi connectivity index (χ3n) is 10.0. The van der Waals surface area contributed by atoms with Gasteiger partial charge in [-0.25, -0.2) is 0 Å². The molecule has 5 rings (SSSR count). The van der Waals surface area contributed by atoms with Crippen LogP contribution in [0.1, 0.15) is 81.0 Å². The lowest BCUT2D eigenvalue weighted by molar-refractivity contribution is 0.941. The van der Waals surface area contributed by atoms with Crippen molar-refractivity contribution < 1.29 is 0 Å². The van der Waals surface area contributed by atoms with Crippen LogP contribution in [0.5, 0.6) is 0 Å². The fourth-order valence-corrected chi connectivity index (χ4v) is 7.30. The zero-order chi connectivity index (χ0) is 39.0. The summed E-state index contributed by atoms with van der Waals surface area (Å²) in [5.74, 6) is 0. The molecule has 0 N–H and O–H groups in total. The lowest BCUT2D eigenvalue weighted by atomic mass is 9.97. The Morgan fingerprint density at radius 3 is 2.29 bits per heavy atom. The summed E-state index contributed by atoms with van der Waals surface area (Å²) in [7, 11) is 2.21. The Kier molecular flexibility index (Phi) is 15.1. The van der Waals surface area contributed by atoms with Gasteiger partial charge in [0.1, 0.15) is 0 Å². The van der Waals surface area contributed by atoms with E-state index in [4.69, 9.17) is 0 Å². The van der Waals surface area contributed by atoms with Crippen molar-refractivity contribution in [1.82, 2.24) is 4.57 Å². The average Bonchev–Trinajstić information content (AvgIpc) is 3.32. The van der Waals surface area contributed by atoms with E-state index in [1.165, 1.54) is 55.6 Å². The molecule has 0 unspecified atom stereocenters. The van der Waals surface area contributed by atoms with Gasteiger partial charge in [0.15, 0.2) is 0 Å². The van der Waals surface area contributed by atoms with E-state index in [9.17, 15) is 0 Å². The number of anilines is 1. The van der Waals surface area contributed by atoms with Gasteiger partial charge in [-0.1, -0.05) is 153 Å². The molecular weight excluding hydrogens is 665 g/mol. The summed E-state index contributed by atoms with van der Waals surface area (Å²) in [6.45, 7) is 12.8. The fourth-order valence-electron chi connectivity index (χ4n) is 7.30. The van der Waals surface area contributed by atoms with Crippen LogP contribution < -0.4 is 4.90 Å². The van der Waals surface area contributed by atoms with Crippen LogP contribution in [0.4, 0.5) is 5.69 Å². The van der Waals surface area contributed by atoms with Crippen LogP contribution in [-0.4, -0.2) is 4.57 Å². The van der Waals surface area contributed by atoms with Crippen LogP contribution in [-0.2, 0) is 19.9 Å². The van der Waals surface area contributed by atoms with Crippen molar-refractivity contribution in [3.05, 3.63) is 214 Å². The highest BCUT2D eigenvalue weighted by Crippen LogP contribution is 2.35. The van der Waals surface area contributed by atoms with Crippen LogP contribution >= 0.6 is 0 Å². The van der Waals surface area contributed by atoms with E-state index in [1.54, 1.807) is 0 Å². The number of aryl methyl sites for hydroxylation is 2. The topological polar surface area (TPSA) is 8.17 Å². The zero-order valence-corrected chi connectivity index (χ0v) is 34.0. The normalized spacial score (nSPS) is 14.5. The Morgan fingerprint density at radius 2 is 1.58 bits per heavy atom. The Morgan fingerprint density at radius 1 is 0.800 bits per heavy atom. The van der Waals surface area contributed by atoms with Crippen LogP contribution in [0.15, 0.2) is 181 Å². The summed E-state index contributed by atoms with van der Waals surface area (Å²) in [4.78, 5) is 2.40. The molecule has 0 radical (unpaired) electrons. The summed E-state index contributed by atoms with van der Waals surface area (Å²) in [6.07, 6.45) is 43.4. The van der Waals surface area contributed by atoms with Crippen LogP contribution in [0, 0.1) is 6.92 Å². The first-order valence-electron chi connectivity index (χ1n) is 19.8. The Hall–Kier alpha value is -5.86. The summed E-state index contributed by atoms with van der Waals surface area (Å²) < 4.78 is 2.38. The summed E-state index contributed by atoms with van der Waals surface area (Å²) in [5, 5.41) is 1.38. The van der Waals surface area contributed by atoms with Crippen molar-refractivity contribution in [3.63, 3.8) is 0 Å². The molecule has 2 nitrogen and oxygen atoms in total. The molecule has 0 atom stereocenters. The summed E-state index contributed by atoms with van der Waals surface area (Å²) in [5.41, 5.74) is 14.9. The quantitative estimate of drug-likeness (QED) is 0.111. The van der Waals surface area contributed by atoms with Gasteiger partial charge in [0, 0.05) is 35.2 Å². The monoisotopic (exact) mass is 722 g/mol. The standard InChI is InChI=1S/C53H58N2/c1-8-13-29-44(11-4)45-35-38-49(39-36-45)55(47(12-5)30-21-28-42(22-9-2)26-20-27-43-24-16-14-17-25-43)48(23-10-3)40-37-46-34-33-41(6)53-52(46)50-31-18-15-19-32-51(50)54(53)7/h9-27,29-30,32-36,38-40H,8,28,31,37H2,1-7H3/b22-9-,23-10-,27-20+,29-13-,30-21-,42-26+,44-11+,47-12+,48-40+. The van der Waals surface area contributed by atoms with E-state index in [-0.39, 0.29) is 0 Å². The van der Waals surface area contributed by atoms with Gasteiger partial charge in [-0.05, 0) is 130 Å². The minimum Gasteiger partial charge on any atom is -0.344 e. The first-order valence-corrected chi connectivity index (χ1v) is 19.8. The highest BCUT2D eigenvalue weighted by atomic mass is 15.1. The number of benzene rings is 3. The molecule has 1 aliphatic rings. The van der Waals surface area contributed by atoms with Crippen LogP contribution in [0.25, 0.3) is 28.6 Å². The fraction of sp³-hybridized carbons (Fsp3) is 0.208. The molecule has 55 heavy (non-hydrogen) atoms. The maximum atomic E-state index is 2.40. The first-order chi connectivity index (χ1) is 26.9. The molecule has 0 bridgehead atoms. The highest BCUT2D eigenvalue weighted by Gasteiger charge is 2.19. The van der Waals surface area contributed by atoms with E-state index in [1.807, 2.05) is 0 Å². The molecular formula is C53H58N2. The lowest BCUT2D eigenvalue weighted by Gasteiger charge is -2.28. The van der Waals surface area contributed by atoms with Crippen LogP contribution in [0.2, 0.25) is 0 Å². The van der Waals surface area contributed by atoms with Crippen molar-refractivity contribution in [1.29, 1.82) is 0 Å². The minimum absolute atomic E-state index is 0.808. The summed E-state index contributed by atoms with van der Waals surface area (Å²) >= 11 is 0. The van der Waals surface area contributed by atoms with Gasteiger partial charge in [0.05, 0.1) is 5.52 Å². The number of hydrogen-bond acceptors (Lipinski definition) is 1. The molecule has 3 aromatic carbocycles. The Labute approximate surface area is 331 Å². The van der Waals surface area contributed by atoms with Gasteiger partial charge in [0.2, 0.25) is 0 Å². The maximum absolute atomic E-state index is 2.40. The molecule has 0 aliphatic heterocycles. The minimum atomic E-state index is 0.808. The van der Waals surface area contributed by atoms with Crippen molar-refractivity contribution in [2.45, 2.75) is 67.2 Å². The molecule has 0 fully saturated rings. The maximum Gasteiger partial charge on any atom is 0.0518 e. The molecule has 2 heteroatoms. The van der Waals surface area contributed by atoms with E-state index in [0.29, 0.717) is 0 Å². The third kappa shape index (κ3) is 10.2. The second kappa shape index (κ2) is 20.6. The molecule has 0 amide bonds. The van der Waals surface area contributed by atoms with Crippen molar-refractivity contribution in [2.24, 2.45) is 7.05 Å². The van der Waals surface area contributed by atoms with Gasteiger partial charge in [-0.15, -0.1) is 0 Å². The lowest BCUT2D eigenvalue weighted by Crippen LogP contribution is -2.20. The number of nitrogens with zero attached hydrogens (tertiary/aromatic N) is 2. The second-order valence-corrected chi connectivity index (χ2v) is 13.8. The highest BCUT2D eigenvalue weighted by molar-refractivity contribution is 5.94. The first kappa shape index (κ1) is 40.3. The van der Waals surface area contributed by atoms with Gasteiger partial charge >= 0.3 is 0 Å². The van der Waals surface area contributed by atoms with E-state index in [0.717, 1.165) is 42.8 Å². The smallest absolute Gasteiger partial charge is 0.0518 e. The van der Waals surface area contributed by atoms with Crippen LogP contribution in [0.3, 0.4) is 0 Å². The van der Waals surface area contributed by atoms with E-state index < -0.39 is 0 Å². The summed E-state index contributed by atoms with van der Waals surface area (Å²) in [6, 6.07) is 24.1. The van der Waals surface area contributed by atoms with E-state index in [2.05, 4.69) is 234 Å². The molecule has 1 aromatic heterocycles. The second-order valence-electron chi connectivity index (χ2n) is 13.8. The third-order valence-corrected chi connectivity index (χ3v) is 10.0. The van der Waals surface area contributed by atoms with E-state index >= 15 is 0 Å². The number of aromatic nitrogens is 1. The van der Waals surface area contributed by atoms with Crippen molar-refractivity contribution >= 4 is 34.3 Å². The molecule has 0 saturated heterocycles. The molecule has 0 spiro atoms. The number of fused-ring (bicyclic) bond motifs is 3. The molecule has 1 heterocycles. The molecule has 280 valence electrons. The van der Waals surface area contributed by atoms with Gasteiger partial charge in [-0.3, -0.25) is 0 Å². The predicted molar refractivity (Wildman–Crippen MR) is 244 cm³/mol. The van der Waals surface area contributed by atoms with Gasteiger partial charge < -0.3 is 9.47 Å². The Balaban J connectivity index is 1.56. The number of rotatable bonds is 15. The number of allylic oxidation sites excluding steroid dienone is 18. The van der Waals surface area contributed by atoms with Crippen molar-refractivity contribution in [2.75, 3.05) is 4.90 Å². The zero-order valence-electron chi connectivity index (χ0n) is 34.0. The number of hydrogen-bond donors (Lipinski definition) is 0. The molecule has 1 aliphatic carbocycles. The SMILES string of the molecule is C\C=C/C(=C\C=C\c1ccccc1)C/C=C\C(=C/C)N(C(/C=C\C)=C/Cc1ccc(C)c2c1c1c(n2C)C=CC=CC1)c1ccc(C(/C=C\CC)=C/C)cc1. The van der Waals surface area contributed by atoms with Gasteiger partial charge in [0.25, 0.3) is 0 Å². The van der Waals surface area contributed by atoms with Crippen molar-refractivity contribution in [3.8, 4) is 0 Å². The average molecular weight is 723 g/mol. The Bertz CT molecular complexity index is 2250. The molecule has 0 saturated carbocycles. The molecule has 4 aromatic rings.